The quantitative estimate of drug-likeness (QED) is 0.362. The molecule has 3 aromatic rings. The fourth-order valence-corrected chi connectivity index (χ4v) is 5.96. The number of hydrogen-bond donors (Lipinski definition) is 1. The molecule has 0 radical (unpaired) electrons. The molecule has 198 valence electrons. The number of para-hydroxylation sites is 1. The number of ether oxygens (including phenoxy) is 1. The average molecular weight is 512 g/mol. The molecular weight excluding hydrogens is 474 g/mol. The van der Waals surface area contributed by atoms with Gasteiger partial charge in [0.25, 0.3) is 0 Å². The summed E-state index contributed by atoms with van der Waals surface area (Å²) in [4.78, 5) is 19.4. The Bertz CT molecular complexity index is 1400. The lowest BCUT2D eigenvalue weighted by atomic mass is 9.59. The van der Waals surface area contributed by atoms with Crippen molar-refractivity contribution in [2.45, 2.75) is 78.2 Å². The van der Waals surface area contributed by atoms with E-state index in [0.717, 1.165) is 39.1 Å². The van der Waals surface area contributed by atoms with E-state index in [0.29, 0.717) is 11.5 Å². The van der Waals surface area contributed by atoms with Crippen LogP contribution in [0.15, 0.2) is 65.8 Å². The molecule has 2 aliphatic heterocycles. The molecule has 0 saturated heterocycles. The number of phenols is 1. The maximum atomic E-state index is 14.0. The highest BCUT2D eigenvalue weighted by Gasteiger charge is 2.64. The Balaban J connectivity index is 1.88. The number of oxime groups is 1. The van der Waals surface area contributed by atoms with Crippen LogP contribution in [0.3, 0.4) is 0 Å². The van der Waals surface area contributed by atoms with Crippen LogP contribution >= 0.6 is 0 Å². The monoisotopic (exact) mass is 511 g/mol. The summed E-state index contributed by atoms with van der Waals surface area (Å²) in [5.74, 6) is 0.157. The van der Waals surface area contributed by atoms with E-state index >= 15 is 0 Å². The van der Waals surface area contributed by atoms with Gasteiger partial charge in [-0.1, -0.05) is 107 Å². The van der Waals surface area contributed by atoms with Crippen LogP contribution in [0.4, 0.5) is 0 Å². The average Bonchev–Trinajstić information content (AvgIpc) is 3.12. The number of aryl methyl sites for hydroxylation is 1. The molecule has 0 amide bonds. The summed E-state index contributed by atoms with van der Waals surface area (Å²) in [5.41, 5.74) is 4.22. The van der Waals surface area contributed by atoms with E-state index in [1.54, 1.807) is 0 Å². The van der Waals surface area contributed by atoms with Gasteiger partial charge in [-0.15, -0.1) is 0 Å². The van der Waals surface area contributed by atoms with Crippen LogP contribution in [0.5, 0.6) is 11.5 Å². The lowest BCUT2D eigenvalue weighted by Gasteiger charge is -2.46. The molecule has 3 aromatic carbocycles. The molecule has 5 rings (SSSR count). The van der Waals surface area contributed by atoms with Crippen molar-refractivity contribution < 1.29 is 19.5 Å². The number of hydrogen-bond acceptors (Lipinski definition) is 5. The van der Waals surface area contributed by atoms with Crippen molar-refractivity contribution in [3.63, 3.8) is 0 Å². The summed E-state index contributed by atoms with van der Waals surface area (Å²) in [5, 5.41) is 15.7. The molecule has 2 heterocycles. The van der Waals surface area contributed by atoms with Gasteiger partial charge in [-0.25, -0.2) is 4.79 Å². The molecule has 0 aromatic heterocycles. The molecule has 0 saturated carbocycles. The van der Waals surface area contributed by atoms with E-state index in [1.807, 2.05) is 62.4 Å². The van der Waals surface area contributed by atoms with E-state index in [1.165, 1.54) is 0 Å². The molecule has 0 aliphatic carbocycles. The van der Waals surface area contributed by atoms with Crippen LogP contribution in [0.25, 0.3) is 0 Å². The van der Waals surface area contributed by atoms with Gasteiger partial charge in [0.2, 0.25) is 0 Å². The molecular formula is C33H37NO4. The Morgan fingerprint density at radius 2 is 1.42 bits per heavy atom. The van der Waals surface area contributed by atoms with Gasteiger partial charge in [-0.2, -0.15) is 0 Å². The lowest BCUT2D eigenvalue weighted by Crippen LogP contribution is -2.50. The highest BCUT2D eigenvalue weighted by Crippen LogP contribution is 2.60. The van der Waals surface area contributed by atoms with E-state index in [9.17, 15) is 9.90 Å². The van der Waals surface area contributed by atoms with Crippen LogP contribution in [0.1, 0.15) is 93.9 Å². The lowest BCUT2D eigenvalue weighted by molar-refractivity contribution is -0.154. The first-order valence-corrected chi connectivity index (χ1v) is 13.2. The third kappa shape index (κ3) is 3.91. The van der Waals surface area contributed by atoms with Crippen molar-refractivity contribution >= 4 is 11.7 Å². The van der Waals surface area contributed by atoms with Gasteiger partial charge in [0.05, 0.1) is 5.71 Å². The topological polar surface area (TPSA) is 68.1 Å². The predicted molar refractivity (Wildman–Crippen MR) is 150 cm³/mol. The molecule has 3 unspecified atom stereocenters. The van der Waals surface area contributed by atoms with Gasteiger partial charge in [0, 0.05) is 11.5 Å². The summed E-state index contributed by atoms with van der Waals surface area (Å²) < 4.78 is 6.68. The number of carbonyl (C=O) groups is 1. The zero-order valence-electron chi connectivity index (χ0n) is 23.5. The first-order chi connectivity index (χ1) is 17.8. The Hall–Kier alpha value is -3.60. The van der Waals surface area contributed by atoms with Gasteiger partial charge < -0.3 is 14.7 Å². The molecule has 0 bridgehead atoms. The minimum Gasteiger partial charge on any atom is -0.507 e. The van der Waals surface area contributed by atoms with Crippen LogP contribution in [-0.2, 0) is 20.5 Å². The van der Waals surface area contributed by atoms with Crippen LogP contribution in [-0.4, -0.2) is 16.8 Å². The fraction of sp³-hybridized carbons (Fsp3) is 0.394. The van der Waals surface area contributed by atoms with Crippen LogP contribution < -0.4 is 4.74 Å². The summed E-state index contributed by atoms with van der Waals surface area (Å²) in [7, 11) is 0. The van der Waals surface area contributed by atoms with E-state index in [-0.39, 0.29) is 10.8 Å². The van der Waals surface area contributed by atoms with E-state index in [2.05, 4.69) is 58.8 Å². The SMILES string of the molecule is CC1=NOC(=O)C12C(c1ccc(C)cc1)Oc1ccccc1C2c1cc(C(C)(C)C)c(O)c(C(C)(C)C)c1. The second-order valence-electron chi connectivity index (χ2n) is 12.8. The van der Waals surface area contributed by atoms with Crippen molar-refractivity contribution in [3.8, 4) is 11.5 Å². The van der Waals surface area contributed by atoms with Gasteiger partial charge in [-0.3, -0.25) is 0 Å². The molecule has 5 nitrogen and oxygen atoms in total. The Morgan fingerprint density at radius 3 is 1.95 bits per heavy atom. The fourth-order valence-electron chi connectivity index (χ4n) is 5.96. The van der Waals surface area contributed by atoms with Crippen LogP contribution in [0, 0.1) is 12.3 Å². The second kappa shape index (κ2) is 8.72. The maximum Gasteiger partial charge on any atom is 0.351 e. The van der Waals surface area contributed by atoms with Gasteiger partial charge in [-0.05, 0) is 53.0 Å². The molecule has 3 atom stereocenters. The predicted octanol–water partition coefficient (Wildman–Crippen LogP) is 7.48. The Labute approximate surface area is 225 Å². The van der Waals surface area contributed by atoms with Gasteiger partial charge >= 0.3 is 5.97 Å². The highest BCUT2D eigenvalue weighted by molar-refractivity contribution is 6.11. The molecule has 1 spiro atoms. The number of phenolic OH excluding ortho intramolecular Hbond substituents is 1. The minimum atomic E-state index is -1.22. The molecule has 2 aliphatic rings. The van der Waals surface area contributed by atoms with Crippen molar-refractivity contribution in [1.82, 2.24) is 0 Å². The number of nitrogens with zero attached hydrogens (tertiary/aromatic N) is 1. The van der Waals surface area contributed by atoms with Gasteiger partial charge in [0.1, 0.15) is 17.6 Å². The third-order valence-electron chi connectivity index (χ3n) is 8.01. The van der Waals surface area contributed by atoms with E-state index < -0.39 is 23.4 Å². The smallest absolute Gasteiger partial charge is 0.351 e. The van der Waals surface area contributed by atoms with Crippen molar-refractivity contribution in [2.75, 3.05) is 0 Å². The summed E-state index contributed by atoms with van der Waals surface area (Å²) >= 11 is 0. The Morgan fingerprint density at radius 1 is 0.842 bits per heavy atom. The second-order valence-corrected chi connectivity index (χ2v) is 12.8. The molecule has 0 fully saturated rings. The highest BCUT2D eigenvalue weighted by atomic mass is 16.7. The zero-order valence-corrected chi connectivity index (χ0v) is 23.5. The number of fused-ring (bicyclic) bond motifs is 1. The zero-order chi connectivity index (χ0) is 27.6. The first kappa shape index (κ1) is 26.0. The minimum absolute atomic E-state index is 0.303. The molecule has 38 heavy (non-hydrogen) atoms. The van der Waals surface area contributed by atoms with Crippen molar-refractivity contribution in [2.24, 2.45) is 10.6 Å². The first-order valence-electron chi connectivity index (χ1n) is 13.2. The van der Waals surface area contributed by atoms with Crippen molar-refractivity contribution in [1.29, 1.82) is 0 Å². The molecule has 5 heteroatoms. The number of benzene rings is 3. The Kier molecular flexibility index (Phi) is 5.97. The van der Waals surface area contributed by atoms with E-state index in [4.69, 9.17) is 9.57 Å². The third-order valence-corrected chi connectivity index (χ3v) is 8.01. The normalized spacial score (nSPS) is 23.1. The van der Waals surface area contributed by atoms with Crippen molar-refractivity contribution in [3.05, 3.63) is 94.0 Å². The van der Waals surface area contributed by atoms with Gasteiger partial charge in [0.15, 0.2) is 5.41 Å². The summed E-state index contributed by atoms with van der Waals surface area (Å²) in [6, 6.07) is 20.1. The standard InChI is InChI=1S/C33H37NO4/c1-19-13-15-21(16-14-19)29-33(20(2)34-38-30(33)36)27(23-11-9-10-12-26(23)37-29)22-17-24(31(3,4)5)28(35)25(18-22)32(6,7)8/h9-18,27,29,35H,1-8H3. The van der Waals surface area contributed by atoms with Crippen LogP contribution in [0.2, 0.25) is 0 Å². The number of aromatic hydroxyl groups is 1. The number of carbonyl (C=O) groups excluding carboxylic acids is 1. The maximum absolute atomic E-state index is 14.0. The summed E-state index contributed by atoms with van der Waals surface area (Å²) in [6.45, 7) is 16.5. The number of rotatable bonds is 2. The largest absolute Gasteiger partial charge is 0.507 e. The summed E-state index contributed by atoms with van der Waals surface area (Å²) in [6.07, 6.45) is -0.647. The molecule has 1 N–H and O–H groups in total.